The van der Waals surface area contributed by atoms with Gasteiger partial charge in [0.1, 0.15) is 0 Å². The van der Waals surface area contributed by atoms with E-state index in [2.05, 4.69) is 11.2 Å². The van der Waals surface area contributed by atoms with Crippen LogP contribution in [0.4, 0.5) is 5.69 Å². The average Bonchev–Trinajstić information content (AvgIpc) is 2.32. The summed E-state index contributed by atoms with van der Waals surface area (Å²) in [5, 5.41) is 12.9. The normalized spacial score (nSPS) is 24.8. The first-order valence-corrected chi connectivity index (χ1v) is 5.79. The highest BCUT2D eigenvalue weighted by Gasteiger charge is 2.18. The van der Waals surface area contributed by atoms with Crippen LogP contribution < -0.4 is 5.32 Å². The molecule has 2 N–H and O–H groups in total. The van der Waals surface area contributed by atoms with Crippen molar-refractivity contribution in [2.45, 2.75) is 37.8 Å². The maximum Gasteiger partial charge on any atom is 0.0541 e. The van der Waals surface area contributed by atoms with Crippen LogP contribution in [0.15, 0.2) is 24.3 Å². The summed E-state index contributed by atoms with van der Waals surface area (Å²) in [5.74, 6) is 2.63. The lowest BCUT2D eigenvalue weighted by Crippen LogP contribution is -2.28. The predicted molar refractivity (Wildman–Crippen MR) is 66.3 cm³/mol. The zero-order valence-electron chi connectivity index (χ0n) is 9.32. The molecule has 16 heavy (non-hydrogen) atoms. The third-order valence-electron chi connectivity index (χ3n) is 3.10. The minimum Gasteiger partial charge on any atom is -0.393 e. The summed E-state index contributed by atoms with van der Waals surface area (Å²) in [6.07, 6.45) is 9.11. The van der Waals surface area contributed by atoms with Gasteiger partial charge in [0.2, 0.25) is 0 Å². The van der Waals surface area contributed by atoms with Crippen LogP contribution in [-0.4, -0.2) is 17.3 Å². The molecule has 0 bridgehead atoms. The number of benzene rings is 1. The summed E-state index contributed by atoms with van der Waals surface area (Å²) in [6.45, 7) is 0. The lowest BCUT2D eigenvalue weighted by molar-refractivity contribution is 0.126. The number of terminal acetylenes is 1. The molecule has 1 aromatic rings. The van der Waals surface area contributed by atoms with E-state index in [0.717, 1.165) is 36.9 Å². The molecule has 0 unspecified atom stereocenters. The Morgan fingerprint density at radius 3 is 2.69 bits per heavy atom. The summed E-state index contributed by atoms with van der Waals surface area (Å²) in [6, 6.07) is 8.39. The highest BCUT2D eigenvalue weighted by Crippen LogP contribution is 2.22. The molecule has 0 atom stereocenters. The van der Waals surface area contributed by atoms with Crippen molar-refractivity contribution in [2.75, 3.05) is 5.32 Å². The predicted octanol–water partition coefficient (Wildman–Crippen LogP) is 2.38. The quantitative estimate of drug-likeness (QED) is 0.742. The Bertz CT molecular complexity index is 386. The fourth-order valence-electron chi connectivity index (χ4n) is 2.15. The fraction of sp³-hybridized carbons (Fsp3) is 0.429. The van der Waals surface area contributed by atoms with E-state index in [0.29, 0.717) is 6.04 Å². The first kappa shape index (κ1) is 11.0. The average molecular weight is 215 g/mol. The second-order valence-electron chi connectivity index (χ2n) is 4.37. The highest BCUT2D eigenvalue weighted by atomic mass is 16.3. The highest BCUT2D eigenvalue weighted by molar-refractivity contribution is 5.50. The molecule has 1 fully saturated rings. The SMILES string of the molecule is C#Cc1cccc(NC2CCC(O)CC2)c1. The Labute approximate surface area is 96.7 Å². The number of anilines is 1. The van der Waals surface area contributed by atoms with Gasteiger partial charge < -0.3 is 10.4 Å². The Kier molecular flexibility index (Phi) is 3.48. The molecule has 84 valence electrons. The fourth-order valence-corrected chi connectivity index (χ4v) is 2.15. The molecular formula is C14H17NO. The monoisotopic (exact) mass is 215 g/mol. The van der Waals surface area contributed by atoms with Crippen LogP contribution in [0.5, 0.6) is 0 Å². The molecular weight excluding hydrogens is 198 g/mol. The molecule has 0 heterocycles. The smallest absolute Gasteiger partial charge is 0.0541 e. The molecule has 1 aromatic carbocycles. The molecule has 1 aliphatic carbocycles. The lowest BCUT2D eigenvalue weighted by atomic mass is 9.93. The number of hydrogen-bond donors (Lipinski definition) is 2. The van der Waals surface area contributed by atoms with Gasteiger partial charge in [-0.15, -0.1) is 6.42 Å². The van der Waals surface area contributed by atoms with Gasteiger partial charge in [-0.2, -0.15) is 0 Å². The number of rotatable bonds is 2. The van der Waals surface area contributed by atoms with Gasteiger partial charge in [0.15, 0.2) is 0 Å². The van der Waals surface area contributed by atoms with Crippen molar-refractivity contribution in [3.8, 4) is 12.3 Å². The van der Waals surface area contributed by atoms with Crippen LogP contribution in [-0.2, 0) is 0 Å². The molecule has 2 heteroatoms. The summed E-state index contributed by atoms with van der Waals surface area (Å²) in [5.41, 5.74) is 1.98. The van der Waals surface area contributed by atoms with E-state index < -0.39 is 0 Å². The molecule has 1 saturated carbocycles. The van der Waals surface area contributed by atoms with Crippen molar-refractivity contribution >= 4 is 5.69 Å². The summed E-state index contributed by atoms with van der Waals surface area (Å²) < 4.78 is 0. The number of aliphatic hydroxyl groups is 1. The van der Waals surface area contributed by atoms with Crippen molar-refractivity contribution in [3.05, 3.63) is 29.8 Å². The summed E-state index contributed by atoms with van der Waals surface area (Å²) in [4.78, 5) is 0. The molecule has 0 radical (unpaired) electrons. The van der Waals surface area contributed by atoms with E-state index >= 15 is 0 Å². The van der Waals surface area contributed by atoms with Crippen LogP contribution in [0.2, 0.25) is 0 Å². The largest absolute Gasteiger partial charge is 0.393 e. The van der Waals surface area contributed by atoms with Crippen LogP contribution in [0.25, 0.3) is 0 Å². The van der Waals surface area contributed by atoms with E-state index in [1.807, 2.05) is 24.3 Å². The van der Waals surface area contributed by atoms with Crippen molar-refractivity contribution < 1.29 is 5.11 Å². The topological polar surface area (TPSA) is 32.3 Å². The standard InChI is InChI=1S/C14H17NO/c1-2-11-4-3-5-13(10-11)15-12-6-8-14(16)9-7-12/h1,3-5,10,12,14-16H,6-9H2. The third-order valence-corrected chi connectivity index (χ3v) is 3.10. The van der Waals surface area contributed by atoms with Gasteiger partial charge in [-0.25, -0.2) is 0 Å². The maximum absolute atomic E-state index is 9.42. The van der Waals surface area contributed by atoms with Gasteiger partial charge in [-0.05, 0) is 43.9 Å². The van der Waals surface area contributed by atoms with Crippen molar-refractivity contribution in [1.29, 1.82) is 0 Å². The third kappa shape index (κ3) is 2.77. The van der Waals surface area contributed by atoms with Gasteiger partial charge in [0.05, 0.1) is 6.10 Å². The van der Waals surface area contributed by atoms with E-state index in [9.17, 15) is 5.11 Å². The summed E-state index contributed by atoms with van der Waals surface area (Å²) >= 11 is 0. The van der Waals surface area contributed by atoms with E-state index in [1.165, 1.54) is 0 Å². The minimum atomic E-state index is -0.102. The second kappa shape index (κ2) is 5.05. The van der Waals surface area contributed by atoms with Gasteiger partial charge in [-0.1, -0.05) is 12.0 Å². The second-order valence-corrected chi connectivity index (χ2v) is 4.37. The Morgan fingerprint density at radius 2 is 2.00 bits per heavy atom. The zero-order chi connectivity index (χ0) is 11.4. The van der Waals surface area contributed by atoms with Gasteiger partial charge in [0.25, 0.3) is 0 Å². The van der Waals surface area contributed by atoms with Gasteiger partial charge in [0, 0.05) is 17.3 Å². The lowest BCUT2D eigenvalue weighted by Gasteiger charge is -2.27. The molecule has 0 spiro atoms. The molecule has 1 aliphatic rings. The van der Waals surface area contributed by atoms with Crippen molar-refractivity contribution in [2.24, 2.45) is 0 Å². The van der Waals surface area contributed by atoms with Gasteiger partial charge >= 0.3 is 0 Å². The molecule has 0 aliphatic heterocycles. The Morgan fingerprint density at radius 1 is 1.25 bits per heavy atom. The zero-order valence-corrected chi connectivity index (χ0v) is 9.32. The first-order chi connectivity index (χ1) is 7.78. The Hall–Kier alpha value is -1.46. The number of hydrogen-bond acceptors (Lipinski definition) is 2. The Balaban J connectivity index is 1.96. The van der Waals surface area contributed by atoms with Crippen LogP contribution in [0.1, 0.15) is 31.2 Å². The molecule has 0 amide bonds. The molecule has 0 saturated heterocycles. The van der Waals surface area contributed by atoms with Gasteiger partial charge in [-0.3, -0.25) is 0 Å². The van der Waals surface area contributed by atoms with Crippen LogP contribution >= 0.6 is 0 Å². The molecule has 0 aromatic heterocycles. The maximum atomic E-state index is 9.42. The molecule has 2 rings (SSSR count). The molecule has 2 nitrogen and oxygen atoms in total. The van der Waals surface area contributed by atoms with Crippen molar-refractivity contribution in [3.63, 3.8) is 0 Å². The van der Waals surface area contributed by atoms with E-state index in [-0.39, 0.29) is 6.10 Å². The van der Waals surface area contributed by atoms with E-state index in [1.54, 1.807) is 0 Å². The minimum absolute atomic E-state index is 0.102. The number of nitrogens with one attached hydrogen (secondary N) is 1. The first-order valence-electron chi connectivity index (χ1n) is 5.79. The summed E-state index contributed by atoms with van der Waals surface area (Å²) in [7, 11) is 0. The van der Waals surface area contributed by atoms with Crippen LogP contribution in [0.3, 0.4) is 0 Å². The van der Waals surface area contributed by atoms with E-state index in [4.69, 9.17) is 6.42 Å². The van der Waals surface area contributed by atoms with Crippen molar-refractivity contribution in [1.82, 2.24) is 0 Å². The van der Waals surface area contributed by atoms with Crippen LogP contribution in [0, 0.1) is 12.3 Å². The number of aliphatic hydroxyl groups excluding tert-OH is 1.